The van der Waals surface area contributed by atoms with Gasteiger partial charge in [0.1, 0.15) is 24.2 Å². The Morgan fingerprint density at radius 3 is 2.55 bits per heavy atom. The highest BCUT2D eigenvalue weighted by Gasteiger charge is 2.09. The average molecular weight is 434 g/mol. The molecule has 1 amide bonds. The lowest BCUT2D eigenvalue weighted by Crippen LogP contribution is -2.14. The number of hydrogen-bond donors (Lipinski definition) is 1. The van der Waals surface area contributed by atoms with Crippen molar-refractivity contribution >= 4 is 23.2 Å². The number of anilines is 1. The fourth-order valence-corrected chi connectivity index (χ4v) is 3.20. The van der Waals surface area contributed by atoms with Crippen LogP contribution in [0, 0.1) is 13.8 Å². The quantitative estimate of drug-likeness (QED) is 0.467. The minimum absolute atomic E-state index is 0.145. The highest BCUT2D eigenvalue weighted by Crippen LogP contribution is 2.23. The third-order valence-corrected chi connectivity index (χ3v) is 5.16. The van der Waals surface area contributed by atoms with Gasteiger partial charge in [0.2, 0.25) is 11.8 Å². The van der Waals surface area contributed by atoms with Crippen LogP contribution in [0.4, 0.5) is 5.69 Å². The molecular weight excluding hydrogens is 414 g/mol. The van der Waals surface area contributed by atoms with Crippen LogP contribution in [-0.2, 0) is 11.2 Å². The van der Waals surface area contributed by atoms with Crippen molar-refractivity contribution in [2.75, 3.05) is 5.32 Å². The number of ether oxygens (including phenoxy) is 1. The molecular formula is C23H20ClN5O2. The monoisotopic (exact) mass is 433 g/mol. The normalized spacial score (nSPS) is 10.7. The van der Waals surface area contributed by atoms with Crippen molar-refractivity contribution in [3.8, 4) is 17.4 Å². The maximum absolute atomic E-state index is 12.3. The Kier molecular flexibility index (Phi) is 5.95. The van der Waals surface area contributed by atoms with Crippen molar-refractivity contribution in [1.29, 1.82) is 0 Å². The van der Waals surface area contributed by atoms with E-state index in [0.717, 1.165) is 17.0 Å². The standard InChI is InChI=1S/C23H20ClN5O2/c1-15-16(2)29(14-27-15)21-12-23(26-13-25-21)31-19-9-7-18(8-10-19)28-22(30)11-17-5-3-4-6-20(17)24/h3-10,12-14H,11H2,1-2H3,(H,28,30). The molecule has 4 rings (SSSR count). The molecule has 0 saturated carbocycles. The van der Waals surface area contributed by atoms with Gasteiger partial charge in [0.05, 0.1) is 12.1 Å². The predicted molar refractivity (Wildman–Crippen MR) is 119 cm³/mol. The number of nitrogens with zero attached hydrogens (tertiary/aromatic N) is 4. The molecule has 156 valence electrons. The zero-order valence-corrected chi connectivity index (χ0v) is 17.8. The van der Waals surface area contributed by atoms with Crippen LogP contribution in [0.25, 0.3) is 5.82 Å². The summed E-state index contributed by atoms with van der Waals surface area (Å²) in [6.07, 6.45) is 3.37. The summed E-state index contributed by atoms with van der Waals surface area (Å²) in [5.74, 6) is 1.53. The van der Waals surface area contributed by atoms with E-state index in [2.05, 4.69) is 20.3 Å². The van der Waals surface area contributed by atoms with Gasteiger partial charge in [-0.05, 0) is 49.7 Å². The van der Waals surface area contributed by atoms with Crippen molar-refractivity contribution in [2.24, 2.45) is 0 Å². The summed E-state index contributed by atoms with van der Waals surface area (Å²) < 4.78 is 7.72. The van der Waals surface area contributed by atoms with Crippen molar-refractivity contribution in [2.45, 2.75) is 20.3 Å². The maximum Gasteiger partial charge on any atom is 0.228 e. The van der Waals surface area contributed by atoms with Crippen LogP contribution in [0.3, 0.4) is 0 Å². The van der Waals surface area contributed by atoms with Gasteiger partial charge in [-0.1, -0.05) is 29.8 Å². The van der Waals surface area contributed by atoms with Crippen LogP contribution in [0.15, 0.2) is 67.3 Å². The van der Waals surface area contributed by atoms with Crippen molar-refractivity contribution in [3.05, 3.63) is 89.2 Å². The fourth-order valence-electron chi connectivity index (χ4n) is 2.99. The first-order valence-electron chi connectivity index (χ1n) is 9.64. The molecule has 0 fully saturated rings. The number of carbonyl (C=O) groups excluding carboxylic acids is 1. The van der Waals surface area contributed by atoms with Crippen LogP contribution >= 0.6 is 11.6 Å². The maximum atomic E-state index is 12.3. The summed E-state index contributed by atoms with van der Waals surface area (Å²) in [6.45, 7) is 3.92. The fraction of sp³-hybridized carbons (Fsp3) is 0.130. The van der Waals surface area contributed by atoms with E-state index in [-0.39, 0.29) is 12.3 Å². The molecule has 0 atom stereocenters. The molecule has 2 aromatic carbocycles. The van der Waals surface area contributed by atoms with E-state index in [9.17, 15) is 4.79 Å². The highest BCUT2D eigenvalue weighted by atomic mass is 35.5. The lowest BCUT2D eigenvalue weighted by Gasteiger charge is -2.09. The van der Waals surface area contributed by atoms with Crippen LogP contribution in [-0.4, -0.2) is 25.4 Å². The minimum Gasteiger partial charge on any atom is -0.439 e. The van der Waals surface area contributed by atoms with E-state index in [4.69, 9.17) is 16.3 Å². The van der Waals surface area contributed by atoms with Gasteiger partial charge in [-0.2, -0.15) is 0 Å². The van der Waals surface area contributed by atoms with E-state index in [1.165, 1.54) is 6.33 Å². The number of benzene rings is 2. The Balaban J connectivity index is 1.41. The van der Waals surface area contributed by atoms with Gasteiger partial charge in [0.15, 0.2) is 0 Å². The molecule has 8 heteroatoms. The number of nitrogens with one attached hydrogen (secondary N) is 1. The topological polar surface area (TPSA) is 81.9 Å². The Morgan fingerprint density at radius 1 is 1.06 bits per heavy atom. The van der Waals surface area contributed by atoms with Gasteiger partial charge < -0.3 is 10.1 Å². The predicted octanol–water partition coefficient (Wildman–Crippen LogP) is 4.91. The molecule has 0 radical (unpaired) electrons. The molecule has 0 spiro atoms. The molecule has 0 aliphatic rings. The summed E-state index contributed by atoms with van der Waals surface area (Å²) in [6, 6.07) is 16.1. The molecule has 2 heterocycles. The Bertz CT molecular complexity index is 1220. The van der Waals surface area contributed by atoms with Crippen LogP contribution in [0.2, 0.25) is 5.02 Å². The smallest absolute Gasteiger partial charge is 0.228 e. The SMILES string of the molecule is Cc1ncn(-c2cc(Oc3ccc(NC(=O)Cc4ccccc4Cl)cc3)ncn2)c1C. The Morgan fingerprint density at radius 2 is 1.84 bits per heavy atom. The number of carbonyl (C=O) groups is 1. The molecule has 0 unspecified atom stereocenters. The number of aromatic nitrogens is 4. The highest BCUT2D eigenvalue weighted by molar-refractivity contribution is 6.31. The molecule has 7 nitrogen and oxygen atoms in total. The second-order valence-electron chi connectivity index (χ2n) is 6.94. The van der Waals surface area contributed by atoms with Crippen LogP contribution < -0.4 is 10.1 Å². The number of hydrogen-bond acceptors (Lipinski definition) is 5. The lowest BCUT2D eigenvalue weighted by molar-refractivity contribution is -0.115. The van der Waals surface area contributed by atoms with Gasteiger partial charge in [-0.25, -0.2) is 15.0 Å². The van der Waals surface area contributed by atoms with Crippen molar-refractivity contribution < 1.29 is 9.53 Å². The van der Waals surface area contributed by atoms with Gasteiger partial charge in [0, 0.05) is 22.5 Å². The Hall–Kier alpha value is -3.71. The summed E-state index contributed by atoms with van der Waals surface area (Å²) in [4.78, 5) is 25.0. The second-order valence-corrected chi connectivity index (χ2v) is 7.35. The van der Waals surface area contributed by atoms with E-state index < -0.39 is 0 Å². The first kappa shape index (κ1) is 20.6. The summed E-state index contributed by atoms with van der Waals surface area (Å²) in [5.41, 5.74) is 3.39. The average Bonchev–Trinajstić information content (AvgIpc) is 3.10. The Labute approximate surface area is 184 Å². The molecule has 0 aliphatic heterocycles. The molecule has 0 bridgehead atoms. The first-order chi connectivity index (χ1) is 15.0. The van der Waals surface area contributed by atoms with Crippen LogP contribution in [0.5, 0.6) is 11.6 Å². The van der Waals surface area contributed by atoms with Crippen molar-refractivity contribution in [3.63, 3.8) is 0 Å². The zero-order chi connectivity index (χ0) is 21.8. The number of aryl methyl sites for hydroxylation is 1. The third-order valence-electron chi connectivity index (χ3n) is 4.80. The molecule has 31 heavy (non-hydrogen) atoms. The van der Waals surface area contributed by atoms with Crippen molar-refractivity contribution in [1.82, 2.24) is 19.5 Å². The zero-order valence-electron chi connectivity index (χ0n) is 17.0. The number of halogens is 1. The molecule has 0 aliphatic carbocycles. The van der Waals surface area contributed by atoms with E-state index in [1.54, 1.807) is 42.7 Å². The number of amides is 1. The van der Waals surface area contributed by atoms with Gasteiger partial charge in [0.25, 0.3) is 0 Å². The number of rotatable bonds is 6. The second kappa shape index (κ2) is 8.97. The minimum atomic E-state index is -0.145. The molecule has 2 aromatic heterocycles. The van der Waals surface area contributed by atoms with E-state index in [1.807, 2.05) is 36.6 Å². The van der Waals surface area contributed by atoms with Crippen LogP contribution in [0.1, 0.15) is 17.0 Å². The first-order valence-corrected chi connectivity index (χ1v) is 10.0. The molecule has 0 saturated heterocycles. The third kappa shape index (κ3) is 4.90. The molecule has 1 N–H and O–H groups in total. The summed E-state index contributed by atoms with van der Waals surface area (Å²) in [7, 11) is 0. The van der Waals surface area contributed by atoms with Gasteiger partial charge in [-0.3, -0.25) is 9.36 Å². The van der Waals surface area contributed by atoms with E-state index >= 15 is 0 Å². The summed E-state index contributed by atoms with van der Waals surface area (Å²) in [5, 5.41) is 3.43. The van der Waals surface area contributed by atoms with Gasteiger partial charge in [-0.15, -0.1) is 0 Å². The van der Waals surface area contributed by atoms with E-state index in [0.29, 0.717) is 28.2 Å². The summed E-state index contributed by atoms with van der Waals surface area (Å²) >= 11 is 6.12. The molecule has 4 aromatic rings. The number of imidazole rings is 1. The largest absolute Gasteiger partial charge is 0.439 e. The van der Waals surface area contributed by atoms with Gasteiger partial charge >= 0.3 is 0 Å². The lowest BCUT2D eigenvalue weighted by atomic mass is 10.1.